The van der Waals surface area contributed by atoms with Gasteiger partial charge >= 0.3 is 0 Å². The van der Waals surface area contributed by atoms with E-state index < -0.39 is 0 Å². The van der Waals surface area contributed by atoms with Crippen molar-refractivity contribution in [2.24, 2.45) is 0 Å². The van der Waals surface area contributed by atoms with E-state index in [1.807, 2.05) is 52.0 Å². The molecule has 0 radical (unpaired) electrons. The lowest BCUT2D eigenvalue weighted by Crippen LogP contribution is -2.31. The maximum absolute atomic E-state index is 12.0. The number of anilines is 2. The molecule has 2 rings (SSSR count). The minimum absolute atomic E-state index is 0.0985. The number of pyridine rings is 1. The van der Waals surface area contributed by atoms with Crippen LogP contribution in [0.2, 0.25) is 0 Å². The summed E-state index contributed by atoms with van der Waals surface area (Å²) in [5.74, 6) is 1.42. The first-order chi connectivity index (χ1) is 11.5. The third-order valence-corrected chi connectivity index (χ3v) is 3.51. The second-order valence-electron chi connectivity index (χ2n) is 6.03. The first-order valence-electron chi connectivity index (χ1n) is 8.28. The highest BCUT2D eigenvalue weighted by Crippen LogP contribution is 2.20. The number of nitrogens with zero attached hydrogens (tertiary/aromatic N) is 1. The van der Waals surface area contributed by atoms with Crippen molar-refractivity contribution in [2.45, 2.75) is 46.3 Å². The van der Waals surface area contributed by atoms with E-state index in [0.29, 0.717) is 11.4 Å². The van der Waals surface area contributed by atoms with Gasteiger partial charge in [-0.2, -0.15) is 0 Å². The quantitative estimate of drug-likeness (QED) is 0.802. The monoisotopic (exact) mass is 327 g/mol. The molecular weight excluding hydrogens is 302 g/mol. The van der Waals surface area contributed by atoms with Gasteiger partial charge in [0.15, 0.2) is 0 Å². The van der Waals surface area contributed by atoms with E-state index in [1.54, 1.807) is 18.3 Å². The minimum atomic E-state index is -0.0985. The van der Waals surface area contributed by atoms with Crippen molar-refractivity contribution in [1.82, 2.24) is 10.3 Å². The molecule has 128 valence electrons. The lowest BCUT2D eigenvalue weighted by molar-refractivity contribution is 0.0939. The summed E-state index contributed by atoms with van der Waals surface area (Å²) in [5, 5.41) is 6.13. The number of benzene rings is 1. The summed E-state index contributed by atoms with van der Waals surface area (Å²) in [4.78, 5) is 16.3. The van der Waals surface area contributed by atoms with Gasteiger partial charge in [0.05, 0.1) is 11.7 Å². The van der Waals surface area contributed by atoms with Gasteiger partial charge in [-0.05, 0) is 63.6 Å². The van der Waals surface area contributed by atoms with Crippen LogP contribution in [0.1, 0.15) is 44.5 Å². The summed E-state index contributed by atoms with van der Waals surface area (Å²) in [6.07, 6.45) is 2.63. The highest BCUT2D eigenvalue weighted by Gasteiger charge is 2.09. The molecule has 1 unspecified atom stereocenters. The SMILES string of the molecule is CCC(C)NC(=O)c1ccc(Nc2ccc(OC(C)C)cc2)nc1. The number of nitrogens with one attached hydrogen (secondary N) is 2. The summed E-state index contributed by atoms with van der Waals surface area (Å²) >= 11 is 0. The van der Waals surface area contributed by atoms with Crippen molar-refractivity contribution in [3.63, 3.8) is 0 Å². The van der Waals surface area contributed by atoms with Crippen LogP contribution in [0.25, 0.3) is 0 Å². The third kappa shape index (κ3) is 5.26. The zero-order valence-electron chi connectivity index (χ0n) is 14.7. The lowest BCUT2D eigenvalue weighted by atomic mass is 10.2. The Morgan fingerprint density at radius 2 is 1.83 bits per heavy atom. The summed E-state index contributed by atoms with van der Waals surface area (Å²) in [6, 6.07) is 11.4. The van der Waals surface area contributed by atoms with Crippen LogP contribution in [-0.4, -0.2) is 23.0 Å². The molecule has 0 aliphatic heterocycles. The van der Waals surface area contributed by atoms with Crippen molar-refractivity contribution in [3.05, 3.63) is 48.2 Å². The fraction of sp³-hybridized carbons (Fsp3) is 0.368. The van der Waals surface area contributed by atoms with Gasteiger partial charge in [-0.1, -0.05) is 6.92 Å². The Morgan fingerprint density at radius 3 is 2.38 bits per heavy atom. The Bertz CT molecular complexity index is 651. The second-order valence-corrected chi connectivity index (χ2v) is 6.03. The number of ether oxygens (including phenoxy) is 1. The fourth-order valence-electron chi connectivity index (χ4n) is 2.05. The average molecular weight is 327 g/mol. The van der Waals surface area contributed by atoms with E-state index in [0.717, 1.165) is 17.9 Å². The highest BCUT2D eigenvalue weighted by atomic mass is 16.5. The van der Waals surface area contributed by atoms with Gasteiger partial charge in [-0.15, -0.1) is 0 Å². The molecule has 0 saturated carbocycles. The number of carbonyl (C=O) groups excluding carboxylic acids is 1. The van der Waals surface area contributed by atoms with Gasteiger partial charge < -0.3 is 15.4 Å². The molecule has 0 bridgehead atoms. The van der Waals surface area contributed by atoms with Crippen LogP contribution in [0.4, 0.5) is 11.5 Å². The Kier molecular flexibility index (Phi) is 6.18. The maximum Gasteiger partial charge on any atom is 0.253 e. The molecule has 1 aromatic heterocycles. The summed E-state index contributed by atoms with van der Waals surface area (Å²) < 4.78 is 5.61. The maximum atomic E-state index is 12.0. The number of hydrogen-bond donors (Lipinski definition) is 2. The molecule has 24 heavy (non-hydrogen) atoms. The normalized spacial score (nSPS) is 11.9. The van der Waals surface area contributed by atoms with Gasteiger partial charge in [0, 0.05) is 17.9 Å². The Morgan fingerprint density at radius 1 is 1.12 bits per heavy atom. The van der Waals surface area contributed by atoms with E-state index in [2.05, 4.69) is 15.6 Å². The van der Waals surface area contributed by atoms with Crippen LogP contribution in [0.5, 0.6) is 5.75 Å². The molecular formula is C19H25N3O2. The summed E-state index contributed by atoms with van der Waals surface area (Å²) in [7, 11) is 0. The van der Waals surface area contributed by atoms with Crippen LogP contribution in [0.15, 0.2) is 42.6 Å². The Labute approximate surface area is 143 Å². The molecule has 0 aliphatic rings. The molecule has 1 atom stereocenters. The Hall–Kier alpha value is -2.56. The molecule has 2 N–H and O–H groups in total. The van der Waals surface area contributed by atoms with E-state index >= 15 is 0 Å². The van der Waals surface area contributed by atoms with E-state index in [1.165, 1.54) is 0 Å². The van der Waals surface area contributed by atoms with Gasteiger partial charge in [0.25, 0.3) is 5.91 Å². The Balaban J connectivity index is 1.97. The average Bonchev–Trinajstić information content (AvgIpc) is 2.56. The van der Waals surface area contributed by atoms with Crippen molar-refractivity contribution in [2.75, 3.05) is 5.32 Å². The van der Waals surface area contributed by atoms with Crippen molar-refractivity contribution in [1.29, 1.82) is 0 Å². The number of aromatic nitrogens is 1. The van der Waals surface area contributed by atoms with Crippen molar-refractivity contribution in [3.8, 4) is 5.75 Å². The standard InChI is InChI=1S/C19H25N3O2/c1-5-14(4)21-19(23)15-6-11-18(20-12-15)22-16-7-9-17(10-8-16)24-13(2)3/h6-14H,5H2,1-4H3,(H,20,22)(H,21,23). The molecule has 0 fully saturated rings. The molecule has 0 aliphatic carbocycles. The lowest BCUT2D eigenvalue weighted by Gasteiger charge is -2.12. The molecule has 2 aromatic rings. The fourth-order valence-corrected chi connectivity index (χ4v) is 2.05. The predicted molar refractivity (Wildman–Crippen MR) is 96.9 cm³/mol. The molecule has 5 heteroatoms. The first kappa shape index (κ1) is 17.8. The number of hydrogen-bond acceptors (Lipinski definition) is 4. The van der Waals surface area contributed by atoms with Crippen LogP contribution in [0.3, 0.4) is 0 Å². The van der Waals surface area contributed by atoms with Crippen LogP contribution in [0, 0.1) is 0 Å². The van der Waals surface area contributed by atoms with E-state index in [-0.39, 0.29) is 18.1 Å². The van der Waals surface area contributed by atoms with Gasteiger partial charge in [-0.3, -0.25) is 4.79 Å². The minimum Gasteiger partial charge on any atom is -0.491 e. The number of amides is 1. The highest BCUT2D eigenvalue weighted by molar-refractivity contribution is 5.94. The zero-order valence-corrected chi connectivity index (χ0v) is 14.7. The third-order valence-electron chi connectivity index (χ3n) is 3.51. The summed E-state index contributed by atoms with van der Waals surface area (Å²) in [5.41, 5.74) is 1.47. The van der Waals surface area contributed by atoms with E-state index in [9.17, 15) is 4.79 Å². The molecule has 0 saturated heterocycles. The second kappa shape index (κ2) is 8.34. The summed E-state index contributed by atoms with van der Waals surface area (Å²) in [6.45, 7) is 8.01. The van der Waals surface area contributed by atoms with Crippen LogP contribution < -0.4 is 15.4 Å². The smallest absolute Gasteiger partial charge is 0.253 e. The van der Waals surface area contributed by atoms with Gasteiger partial charge in [-0.25, -0.2) is 4.98 Å². The molecule has 0 spiro atoms. The van der Waals surface area contributed by atoms with Gasteiger partial charge in [0.1, 0.15) is 11.6 Å². The van der Waals surface area contributed by atoms with Crippen molar-refractivity contribution >= 4 is 17.4 Å². The molecule has 1 amide bonds. The topological polar surface area (TPSA) is 63.2 Å². The predicted octanol–water partition coefficient (Wildman–Crippen LogP) is 4.14. The van der Waals surface area contributed by atoms with Gasteiger partial charge in [0.2, 0.25) is 0 Å². The van der Waals surface area contributed by atoms with Crippen LogP contribution >= 0.6 is 0 Å². The van der Waals surface area contributed by atoms with E-state index in [4.69, 9.17) is 4.74 Å². The molecule has 5 nitrogen and oxygen atoms in total. The molecule has 1 heterocycles. The number of carbonyl (C=O) groups is 1. The zero-order chi connectivity index (χ0) is 17.5. The largest absolute Gasteiger partial charge is 0.491 e. The van der Waals surface area contributed by atoms with Crippen LogP contribution in [-0.2, 0) is 0 Å². The molecule has 1 aromatic carbocycles. The number of rotatable bonds is 7. The van der Waals surface area contributed by atoms with Crippen molar-refractivity contribution < 1.29 is 9.53 Å². The first-order valence-corrected chi connectivity index (χ1v) is 8.28.